The van der Waals surface area contributed by atoms with Gasteiger partial charge in [-0.25, -0.2) is 4.39 Å². The minimum absolute atomic E-state index is 0.286. The molecule has 14 heavy (non-hydrogen) atoms. The highest BCUT2D eigenvalue weighted by atomic mass is 19.1. The van der Waals surface area contributed by atoms with Gasteiger partial charge in [0, 0.05) is 5.69 Å². The van der Waals surface area contributed by atoms with E-state index in [9.17, 15) is 4.39 Å². The summed E-state index contributed by atoms with van der Waals surface area (Å²) in [7, 11) is 0. The second-order valence-electron chi connectivity index (χ2n) is 3.32. The summed E-state index contributed by atoms with van der Waals surface area (Å²) >= 11 is 0. The molecule has 1 saturated heterocycles. The molecule has 1 heterocycles. The lowest BCUT2D eigenvalue weighted by Crippen LogP contribution is -2.54. The number of nitriles is 1. The Morgan fingerprint density at radius 2 is 2.00 bits per heavy atom. The smallest absolute Gasteiger partial charge is 0.172 e. The van der Waals surface area contributed by atoms with Gasteiger partial charge in [-0.2, -0.15) is 5.26 Å². The molecule has 0 amide bonds. The fourth-order valence-corrected chi connectivity index (χ4v) is 1.28. The predicted molar refractivity (Wildman–Crippen MR) is 49.2 cm³/mol. The van der Waals surface area contributed by atoms with Crippen LogP contribution in [-0.4, -0.2) is 18.8 Å². The zero-order valence-corrected chi connectivity index (χ0v) is 7.46. The lowest BCUT2D eigenvalue weighted by atomic mass is 9.99. The van der Waals surface area contributed by atoms with Gasteiger partial charge >= 0.3 is 0 Å². The lowest BCUT2D eigenvalue weighted by Gasteiger charge is -2.36. The van der Waals surface area contributed by atoms with Crippen LogP contribution >= 0.6 is 0 Å². The Balaban J connectivity index is 2.11. The lowest BCUT2D eigenvalue weighted by molar-refractivity contribution is -0.0132. The number of hydrogen-bond donors (Lipinski definition) is 1. The maximum Gasteiger partial charge on any atom is 0.172 e. The molecule has 1 N–H and O–H groups in total. The van der Waals surface area contributed by atoms with Crippen LogP contribution in [0.5, 0.6) is 0 Å². The van der Waals surface area contributed by atoms with Gasteiger partial charge in [-0.3, -0.25) is 0 Å². The van der Waals surface area contributed by atoms with Crippen molar-refractivity contribution in [2.75, 3.05) is 18.5 Å². The average Bonchev–Trinajstić information content (AvgIpc) is 2.15. The maximum absolute atomic E-state index is 12.6. The van der Waals surface area contributed by atoms with Gasteiger partial charge < -0.3 is 10.1 Å². The summed E-state index contributed by atoms with van der Waals surface area (Å²) < 4.78 is 17.5. The summed E-state index contributed by atoms with van der Waals surface area (Å²) in [5.41, 5.74) is 0.105. The van der Waals surface area contributed by atoms with Crippen molar-refractivity contribution >= 4 is 5.69 Å². The fraction of sp³-hybridized carbons (Fsp3) is 0.300. The van der Waals surface area contributed by atoms with E-state index in [1.54, 1.807) is 12.1 Å². The van der Waals surface area contributed by atoms with E-state index in [1.165, 1.54) is 12.1 Å². The first-order chi connectivity index (χ1) is 6.74. The van der Waals surface area contributed by atoms with Crippen LogP contribution in [-0.2, 0) is 4.74 Å². The van der Waals surface area contributed by atoms with E-state index >= 15 is 0 Å². The molecule has 0 aromatic heterocycles. The molecule has 0 saturated carbocycles. The Bertz CT molecular complexity index is 365. The van der Waals surface area contributed by atoms with Crippen molar-refractivity contribution in [3.8, 4) is 6.07 Å². The third-order valence-electron chi connectivity index (χ3n) is 2.14. The van der Waals surface area contributed by atoms with Gasteiger partial charge in [-0.05, 0) is 24.3 Å². The summed E-state index contributed by atoms with van der Waals surface area (Å²) in [6.45, 7) is 0.752. The molecule has 1 fully saturated rings. The molecule has 0 aliphatic carbocycles. The first-order valence-corrected chi connectivity index (χ1v) is 4.27. The van der Waals surface area contributed by atoms with Crippen LogP contribution in [0, 0.1) is 17.1 Å². The number of hydrogen-bond acceptors (Lipinski definition) is 3. The molecular formula is C10H9FN2O. The molecule has 0 spiro atoms. The van der Waals surface area contributed by atoms with E-state index in [-0.39, 0.29) is 5.82 Å². The molecule has 0 atom stereocenters. The predicted octanol–water partition coefficient (Wildman–Crippen LogP) is 1.53. The highest BCUT2D eigenvalue weighted by molar-refractivity contribution is 5.48. The molecule has 3 nitrogen and oxygen atoms in total. The van der Waals surface area contributed by atoms with Crippen LogP contribution < -0.4 is 5.32 Å². The van der Waals surface area contributed by atoms with E-state index in [0.717, 1.165) is 5.69 Å². The molecule has 2 rings (SSSR count). The molecule has 1 aliphatic rings. The largest absolute Gasteiger partial charge is 0.374 e. The number of rotatable bonds is 2. The number of ether oxygens (including phenoxy) is 1. The Kier molecular flexibility index (Phi) is 2.10. The zero-order valence-electron chi connectivity index (χ0n) is 7.46. The van der Waals surface area contributed by atoms with Crippen LogP contribution in [0.25, 0.3) is 0 Å². The molecular weight excluding hydrogens is 183 g/mol. The second kappa shape index (κ2) is 3.28. The second-order valence-corrected chi connectivity index (χ2v) is 3.32. The first-order valence-electron chi connectivity index (χ1n) is 4.27. The Morgan fingerprint density at radius 1 is 1.36 bits per heavy atom. The van der Waals surface area contributed by atoms with Crippen LogP contribution in [0.3, 0.4) is 0 Å². The highest BCUT2D eigenvalue weighted by Crippen LogP contribution is 2.22. The fourth-order valence-electron chi connectivity index (χ4n) is 1.28. The molecule has 1 aromatic carbocycles. The number of nitrogens with zero attached hydrogens (tertiary/aromatic N) is 1. The summed E-state index contributed by atoms with van der Waals surface area (Å²) in [5.74, 6) is -0.286. The minimum atomic E-state index is -0.627. The third kappa shape index (κ3) is 1.54. The van der Waals surface area contributed by atoms with Crippen molar-refractivity contribution in [3.05, 3.63) is 30.1 Å². The topological polar surface area (TPSA) is 45.0 Å². The van der Waals surface area contributed by atoms with Gasteiger partial charge in [0.25, 0.3) is 0 Å². The number of benzene rings is 1. The van der Waals surface area contributed by atoms with Gasteiger partial charge in [0.15, 0.2) is 5.54 Å². The summed E-state index contributed by atoms with van der Waals surface area (Å²) in [6.07, 6.45) is 0. The Morgan fingerprint density at radius 3 is 2.43 bits per heavy atom. The first kappa shape index (κ1) is 8.97. The molecule has 72 valence electrons. The quantitative estimate of drug-likeness (QED) is 0.772. The number of halogens is 1. The van der Waals surface area contributed by atoms with Crippen molar-refractivity contribution in [2.45, 2.75) is 5.54 Å². The van der Waals surface area contributed by atoms with E-state index in [0.29, 0.717) is 13.2 Å². The average molecular weight is 192 g/mol. The maximum atomic E-state index is 12.6. The number of nitrogens with one attached hydrogen (secondary N) is 1. The molecule has 1 aliphatic heterocycles. The van der Waals surface area contributed by atoms with Crippen LogP contribution in [0.2, 0.25) is 0 Å². The minimum Gasteiger partial charge on any atom is -0.374 e. The highest BCUT2D eigenvalue weighted by Gasteiger charge is 2.38. The van der Waals surface area contributed by atoms with Crippen molar-refractivity contribution in [3.63, 3.8) is 0 Å². The SMILES string of the molecule is N#CC1(Nc2ccc(F)cc2)COC1. The van der Waals surface area contributed by atoms with E-state index < -0.39 is 5.54 Å². The van der Waals surface area contributed by atoms with Crippen molar-refractivity contribution < 1.29 is 9.13 Å². The van der Waals surface area contributed by atoms with E-state index in [4.69, 9.17) is 10.00 Å². The molecule has 0 bridgehead atoms. The van der Waals surface area contributed by atoms with Crippen LogP contribution in [0.4, 0.5) is 10.1 Å². The van der Waals surface area contributed by atoms with Crippen molar-refractivity contribution in [1.82, 2.24) is 0 Å². The van der Waals surface area contributed by atoms with E-state index in [1.807, 2.05) is 0 Å². The van der Waals surface area contributed by atoms with Gasteiger partial charge in [0.1, 0.15) is 5.82 Å². The van der Waals surface area contributed by atoms with Crippen LogP contribution in [0.1, 0.15) is 0 Å². The summed E-state index contributed by atoms with van der Waals surface area (Å²) in [5, 5.41) is 11.9. The van der Waals surface area contributed by atoms with E-state index in [2.05, 4.69) is 11.4 Å². The van der Waals surface area contributed by atoms with Crippen LogP contribution in [0.15, 0.2) is 24.3 Å². The Hall–Kier alpha value is -1.60. The standard InChI is InChI=1S/C10H9FN2O/c11-8-1-3-9(4-2-8)13-10(5-12)6-14-7-10/h1-4,13H,6-7H2. The molecule has 0 radical (unpaired) electrons. The third-order valence-corrected chi connectivity index (χ3v) is 2.14. The monoisotopic (exact) mass is 192 g/mol. The normalized spacial score (nSPS) is 18.0. The van der Waals surface area contributed by atoms with Gasteiger partial charge in [-0.1, -0.05) is 0 Å². The molecule has 4 heteroatoms. The van der Waals surface area contributed by atoms with Gasteiger partial charge in [0.2, 0.25) is 0 Å². The number of anilines is 1. The molecule has 0 unspecified atom stereocenters. The molecule has 1 aromatic rings. The summed E-state index contributed by atoms with van der Waals surface area (Å²) in [4.78, 5) is 0. The van der Waals surface area contributed by atoms with Gasteiger partial charge in [0.05, 0.1) is 19.3 Å². The zero-order chi connectivity index (χ0) is 10.0. The van der Waals surface area contributed by atoms with Crippen molar-refractivity contribution in [1.29, 1.82) is 5.26 Å². The van der Waals surface area contributed by atoms with Gasteiger partial charge in [-0.15, -0.1) is 0 Å². The van der Waals surface area contributed by atoms with Crippen molar-refractivity contribution in [2.24, 2.45) is 0 Å². The Labute approximate surface area is 81.1 Å². The summed E-state index contributed by atoms with van der Waals surface area (Å²) in [6, 6.07) is 8.06.